The summed E-state index contributed by atoms with van der Waals surface area (Å²) in [5, 5.41) is 18.0. The van der Waals surface area contributed by atoms with Crippen molar-refractivity contribution < 1.29 is 14.5 Å². The zero-order valence-corrected chi connectivity index (χ0v) is 15.1. The number of amides is 1. The standard InChI is InChI=1S/C19H18N4O4/c1-12-5-4-6-16(7-12)27-17-9-14(8-15(10-17)23(25)26)20-19(24)18-11-22(3)21-13(18)2/h4-11H,1-3H3,(H,20,24). The number of nitrogens with one attached hydrogen (secondary N) is 1. The second kappa shape index (κ2) is 7.28. The van der Waals surface area contributed by atoms with E-state index in [1.807, 2.05) is 25.1 Å². The molecule has 0 aliphatic heterocycles. The Labute approximate surface area is 155 Å². The minimum atomic E-state index is -0.534. The molecule has 8 nitrogen and oxygen atoms in total. The molecule has 0 fully saturated rings. The number of hydrogen-bond donors (Lipinski definition) is 1. The van der Waals surface area contributed by atoms with Crippen LogP contribution in [0.3, 0.4) is 0 Å². The molecule has 1 heterocycles. The van der Waals surface area contributed by atoms with Crippen molar-refractivity contribution in [1.82, 2.24) is 9.78 Å². The van der Waals surface area contributed by atoms with Crippen LogP contribution in [0.4, 0.5) is 11.4 Å². The Morgan fingerprint density at radius 1 is 1.19 bits per heavy atom. The van der Waals surface area contributed by atoms with Gasteiger partial charge in [-0.15, -0.1) is 0 Å². The van der Waals surface area contributed by atoms with Crippen molar-refractivity contribution in [3.05, 3.63) is 75.6 Å². The molecule has 0 aliphatic rings. The monoisotopic (exact) mass is 366 g/mol. The Hall–Kier alpha value is -3.68. The molecule has 8 heteroatoms. The lowest BCUT2D eigenvalue weighted by Gasteiger charge is -2.10. The summed E-state index contributed by atoms with van der Waals surface area (Å²) in [6.45, 7) is 3.64. The molecule has 138 valence electrons. The number of ether oxygens (including phenoxy) is 1. The lowest BCUT2D eigenvalue weighted by Crippen LogP contribution is -2.12. The number of anilines is 1. The molecule has 0 saturated carbocycles. The van der Waals surface area contributed by atoms with Gasteiger partial charge in [0.15, 0.2) is 0 Å². The van der Waals surface area contributed by atoms with E-state index in [9.17, 15) is 14.9 Å². The highest BCUT2D eigenvalue weighted by atomic mass is 16.6. The molecule has 0 atom stereocenters. The van der Waals surface area contributed by atoms with Gasteiger partial charge in [0.1, 0.15) is 11.5 Å². The quantitative estimate of drug-likeness (QED) is 0.544. The van der Waals surface area contributed by atoms with E-state index in [0.717, 1.165) is 5.56 Å². The molecule has 1 N–H and O–H groups in total. The fourth-order valence-corrected chi connectivity index (χ4v) is 2.66. The van der Waals surface area contributed by atoms with Crippen LogP contribution in [0.25, 0.3) is 0 Å². The third kappa shape index (κ3) is 4.30. The second-order valence-corrected chi connectivity index (χ2v) is 6.15. The summed E-state index contributed by atoms with van der Waals surface area (Å²) >= 11 is 0. The zero-order chi connectivity index (χ0) is 19.6. The van der Waals surface area contributed by atoms with Gasteiger partial charge in [-0.05, 0) is 31.5 Å². The smallest absolute Gasteiger partial charge is 0.275 e. The first-order valence-electron chi connectivity index (χ1n) is 8.17. The number of carbonyl (C=O) groups is 1. The first-order valence-corrected chi connectivity index (χ1v) is 8.17. The SMILES string of the molecule is Cc1cccc(Oc2cc(NC(=O)c3cn(C)nc3C)cc([N+](=O)[O-])c2)c1. The van der Waals surface area contributed by atoms with Gasteiger partial charge >= 0.3 is 0 Å². The first kappa shape index (κ1) is 18.1. The molecule has 0 unspecified atom stereocenters. The van der Waals surface area contributed by atoms with Crippen LogP contribution in [-0.4, -0.2) is 20.6 Å². The average Bonchev–Trinajstić information content (AvgIpc) is 2.93. The van der Waals surface area contributed by atoms with E-state index in [0.29, 0.717) is 17.0 Å². The molecule has 1 amide bonds. The van der Waals surface area contributed by atoms with E-state index in [1.165, 1.54) is 16.8 Å². The van der Waals surface area contributed by atoms with Crippen molar-refractivity contribution >= 4 is 17.3 Å². The summed E-state index contributed by atoms with van der Waals surface area (Å²) in [4.78, 5) is 23.2. The van der Waals surface area contributed by atoms with Crippen molar-refractivity contribution in [2.24, 2.45) is 7.05 Å². The maximum Gasteiger partial charge on any atom is 0.275 e. The largest absolute Gasteiger partial charge is 0.457 e. The van der Waals surface area contributed by atoms with Crippen LogP contribution in [0.2, 0.25) is 0 Å². The van der Waals surface area contributed by atoms with Gasteiger partial charge in [-0.1, -0.05) is 12.1 Å². The van der Waals surface area contributed by atoms with E-state index in [-0.39, 0.29) is 17.1 Å². The fourth-order valence-electron chi connectivity index (χ4n) is 2.66. The molecule has 0 saturated heterocycles. The third-order valence-electron chi connectivity index (χ3n) is 3.84. The highest BCUT2D eigenvalue weighted by molar-refractivity contribution is 6.05. The molecule has 0 spiro atoms. The molecule has 27 heavy (non-hydrogen) atoms. The van der Waals surface area contributed by atoms with E-state index in [4.69, 9.17) is 4.74 Å². The van der Waals surface area contributed by atoms with Gasteiger partial charge in [0.2, 0.25) is 0 Å². The number of aryl methyl sites for hydroxylation is 3. The van der Waals surface area contributed by atoms with Crippen LogP contribution in [0.1, 0.15) is 21.6 Å². The van der Waals surface area contributed by atoms with Crippen molar-refractivity contribution in [3.63, 3.8) is 0 Å². The molecule has 3 aromatic rings. The topological polar surface area (TPSA) is 99.3 Å². The molecular weight excluding hydrogens is 348 g/mol. The van der Waals surface area contributed by atoms with E-state index in [1.54, 1.807) is 32.3 Å². The number of hydrogen-bond acceptors (Lipinski definition) is 5. The zero-order valence-electron chi connectivity index (χ0n) is 15.1. The van der Waals surface area contributed by atoms with Crippen LogP contribution < -0.4 is 10.1 Å². The van der Waals surface area contributed by atoms with Gasteiger partial charge in [0.05, 0.1) is 27.9 Å². The lowest BCUT2D eigenvalue weighted by molar-refractivity contribution is -0.384. The number of benzene rings is 2. The fraction of sp³-hybridized carbons (Fsp3) is 0.158. The summed E-state index contributed by atoms with van der Waals surface area (Å²) in [7, 11) is 1.71. The van der Waals surface area contributed by atoms with E-state index >= 15 is 0 Å². The molecular formula is C19H18N4O4. The molecule has 0 aliphatic carbocycles. The maximum absolute atomic E-state index is 12.5. The highest BCUT2D eigenvalue weighted by Gasteiger charge is 2.16. The minimum absolute atomic E-state index is 0.182. The molecule has 2 aromatic carbocycles. The molecule has 3 rings (SSSR count). The molecule has 1 aromatic heterocycles. The van der Waals surface area contributed by atoms with Crippen LogP contribution in [0.15, 0.2) is 48.7 Å². The maximum atomic E-state index is 12.5. The summed E-state index contributed by atoms with van der Waals surface area (Å²) in [5.41, 5.74) is 2.04. The number of nitro benzene ring substituents is 1. The number of carbonyl (C=O) groups excluding carboxylic acids is 1. The van der Waals surface area contributed by atoms with E-state index < -0.39 is 10.8 Å². The second-order valence-electron chi connectivity index (χ2n) is 6.15. The number of nitro groups is 1. The van der Waals surface area contributed by atoms with Crippen molar-refractivity contribution in [3.8, 4) is 11.5 Å². The Bertz CT molecular complexity index is 1030. The van der Waals surface area contributed by atoms with Gasteiger partial charge in [-0.2, -0.15) is 5.10 Å². The molecule has 0 bridgehead atoms. The van der Waals surface area contributed by atoms with Gasteiger partial charge in [-0.25, -0.2) is 0 Å². The number of rotatable bonds is 5. The highest BCUT2D eigenvalue weighted by Crippen LogP contribution is 2.30. The Kier molecular flexibility index (Phi) is 4.89. The van der Waals surface area contributed by atoms with E-state index in [2.05, 4.69) is 10.4 Å². The lowest BCUT2D eigenvalue weighted by atomic mass is 10.2. The predicted molar refractivity (Wildman–Crippen MR) is 100 cm³/mol. The number of nitrogens with zero attached hydrogens (tertiary/aromatic N) is 3. The Balaban J connectivity index is 1.90. The normalized spacial score (nSPS) is 10.5. The van der Waals surface area contributed by atoms with Gasteiger partial charge < -0.3 is 10.1 Å². The Morgan fingerprint density at radius 2 is 1.96 bits per heavy atom. The van der Waals surface area contributed by atoms with Crippen LogP contribution in [0.5, 0.6) is 11.5 Å². The summed E-state index contributed by atoms with van der Waals surface area (Å²) in [6, 6.07) is 11.5. The third-order valence-corrected chi connectivity index (χ3v) is 3.84. The van der Waals surface area contributed by atoms with Gasteiger partial charge in [0, 0.05) is 25.4 Å². The Morgan fingerprint density at radius 3 is 2.59 bits per heavy atom. The average molecular weight is 366 g/mol. The van der Waals surface area contributed by atoms with Crippen molar-refractivity contribution in [2.45, 2.75) is 13.8 Å². The van der Waals surface area contributed by atoms with Crippen LogP contribution in [0, 0.1) is 24.0 Å². The van der Waals surface area contributed by atoms with Crippen LogP contribution in [-0.2, 0) is 7.05 Å². The first-order chi connectivity index (χ1) is 12.8. The number of aromatic nitrogens is 2. The summed E-state index contributed by atoms with van der Waals surface area (Å²) < 4.78 is 7.27. The summed E-state index contributed by atoms with van der Waals surface area (Å²) in [6.07, 6.45) is 1.59. The van der Waals surface area contributed by atoms with Crippen molar-refractivity contribution in [2.75, 3.05) is 5.32 Å². The van der Waals surface area contributed by atoms with Gasteiger partial charge in [-0.3, -0.25) is 19.6 Å². The van der Waals surface area contributed by atoms with Crippen molar-refractivity contribution in [1.29, 1.82) is 0 Å². The predicted octanol–water partition coefficient (Wildman–Crippen LogP) is 3.99. The molecule has 0 radical (unpaired) electrons. The summed E-state index contributed by atoms with van der Waals surface area (Å²) in [5.74, 6) is 0.409. The number of non-ortho nitro benzene ring substituents is 1. The minimum Gasteiger partial charge on any atom is -0.457 e. The van der Waals surface area contributed by atoms with Gasteiger partial charge in [0.25, 0.3) is 11.6 Å². The van der Waals surface area contributed by atoms with Crippen LogP contribution >= 0.6 is 0 Å².